The molecular formula is C10H20F3N3. The highest BCUT2D eigenvalue weighted by Crippen LogP contribution is 2.18. The van der Waals surface area contributed by atoms with E-state index in [2.05, 4.69) is 4.99 Å². The number of alkyl halides is 3. The zero-order chi connectivity index (χ0) is 13.1. The van der Waals surface area contributed by atoms with E-state index in [4.69, 9.17) is 5.73 Å². The van der Waals surface area contributed by atoms with Crippen molar-refractivity contribution in [3.63, 3.8) is 0 Å². The molecule has 96 valence electrons. The molecule has 0 amide bonds. The Hall–Kier alpha value is -0.940. The van der Waals surface area contributed by atoms with Crippen molar-refractivity contribution in [1.29, 1.82) is 0 Å². The van der Waals surface area contributed by atoms with Gasteiger partial charge in [-0.15, -0.1) is 0 Å². The minimum atomic E-state index is -4.28. The first-order valence-electron chi connectivity index (χ1n) is 5.11. The Morgan fingerprint density at radius 1 is 1.25 bits per heavy atom. The third-order valence-corrected chi connectivity index (χ3v) is 1.72. The number of guanidine groups is 1. The third-order valence-electron chi connectivity index (χ3n) is 1.72. The fourth-order valence-corrected chi connectivity index (χ4v) is 1.13. The number of halogens is 3. The fraction of sp³-hybridized carbons (Fsp3) is 0.900. The van der Waals surface area contributed by atoms with Crippen LogP contribution in [0.3, 0.4) is 0 Å². The van der Waals surface area contributed by atoms with Gasteiger partial charge in [-0.3, -0.25) is 0 Å². The van der Waals surface area contributed by atoms with E-state index < -0.39 is 18.3 Å². The van der Waals surface area contributed by atoms with Gasteiger partial charge in [0.05, 0.1) is 5.54 Å². The van der Waals surface area contributed by atoms with Crippen molar-refractivity contribution in [3.8, 4) is 0 Å². The van der Waals surface area contributed by atoms with Gasteiger partial charge < -0.3 is 10.6 Å². The summed E-state index contributed by atoms with van der Waals surface area (Å²) >= 11 is 0. The molecule has 0 unspecified atom stereocenters. The zero-order valence-corrected chi connectivity index (χ0v) is 10.4. The smallest absolute Gasteiger partial charge is 0.370 e. The number of hydrogen-bond donors (Lipinski definition) is 1. The van der Waals surface area contributed by atoms with Crippen molar-refractivity contribution in [1.82, 2.24) is 4.90 Å². The summed E-state index contributed by atoms with van der Waals surface area (Å²) in [6, 6.07) is -0.340. The summed E-state index contributed by atoms with van der Waals surface area (Å²) in [5.74, 6) is -0.0696. The predicted molar refractivity (Wildman–Crippen MR) is 59.3 cm³/mol. The second-order valence-corrected chi connectivity index (χ2v) is 4.98. The topological polar surface area (TPSA) is 41.6 Å². The van der Waals surface area contributed by atoms with Gasteiger partial charge in [-0.1, -0.05) is 0 Å². The molecule has 0 aromatic heterocycles. The van der Waals surface area contributed by atoms with Crippen LogP contribution in [0.2, 0.25) is 0 Å². The molecule has 0 rings (SSSR count). The van der Waals surface area contributed by atoms with E-state index in [1.165, 1.54) is 0 Å². The molecule has 0 saturated carbocycles. The number of nitrogens with two attached hydrogens (primary N) is 1. The molecule has 16 heavy (non-hydrogen) atoms. The first kappa shape index (κ1) is 15.1. The van der Waals surface area contributed by atoms with E-state index in [0.29, 0.717) is 0 Å². The average Bonchev–Trinajstić information content (AvgIpc) is 1.94. The Morgan fingerprint density at radius 2 is 1.69 bits per heavy atom. The van der Waals surface area contributed by atoms with Crippen molar-refractivity contribution in [2.75, 3.05) is 6.54 Å². The molecule has 2 N–H and O–H groups in total. The second kappa shape index (κ2) is 4.93. The summed E-state index contributed by atoms with van der Waals surface area (Å²) in [5, 5.41) is 0. The lowest BCUT2D eigenvalue weighted by atomic mass is 10.1. The molecule has 0 heterocycles. The van der Waals surface area contributed by atoms with Crippen LogP contribution >= 0.6 is 0 Å². The molecule has 0 radical (unpaired) electrons. The van der Waals surface area contributed by atoms with Gasteiger partial charge >= 0.3 is 6.18 Å². The fourth-order valence-electron chi connectivity index (χ4n) is 1.13. The highest BCUT2D eigenvalue weighted by Gasteiger charge is 2.33. The van der Waals surface area contributed by atoms with Crippen LogP contribution in [0.15, 0.2) is 4.99 Å². The number of rotatable bonds is 2. The molecule has 6 heteroatoms. The zero-order valence-electron chi connectivity index (χ0n) is 10.4. The maximum absolute atomic E-state index is 12.3. The molecule has 0 aromatic rings. The summed E-state index contributed by atoms with van der Waals surface area (Å²) in [6.07, 6.45) is -4.28. The van der Waals surface area contributed by atoms with Crippen LogP contribution in [0, 0.1) is 0 Å². The minimum absolute atomic E-state index is 0.0696. The van der Waals surface area contributed by atoms with E-state index in [-0.39, 0.29) is 12.0 Å². The monoisotopic (exact) mass is 239 g/mol. The third kappa shape index (κ3) is 6.53. The normalized spacial score (nSPS) is 14.4. The maximum Gasteiger partial charge on any atom is 0.406 e. The molecule has 0 fully saturated rings. The second-order valence-electron chi connectivity index (χ2n) is 4.98. The highest BCUT2D eigenvalue weighted by molar-refractivity contribution is 5.78. The van der Waals surface area contributed by atoms with Crippen LogP contribution < -0.4 is 5.73 Å². The number of aliphatic imine (C=N–C) groups is 1. The molecule has 0 spiro atoms. The summed E-state index contributed by atoms with van der Waals surface area (Å²) in [6.45, 7) is 7.58. The first-order valence-corrected chi connectivity index (χ1v) is 5.11. The summed E-state index contributed by atoms with van der Waals surface area (Å²) in [7, 11) is 0. The van der Waals surface area contributed by atoms with E-state index in [1.54, 1.807) is 34.6 Å². The van der Waals surface area contributed by atoms with Gasteiger partial charge in [-0.2, -0.15) is 13.2 Å². The molecule has 0 saturated heterocycles. The van der Waals surface area contributed by atoms with Crippen molar-refractivity contribution in [2.45, 2.75) is 52.4 Å². The lowest BCUT2D eigenvalue weighted by Gasteiger charge is -2.30. The molecule has 0 aliphatic heterocycles. The SMILES string of the molecule is CC(C)N(CC(F)(F)F)C(N)=NC(C)(C)C. The average molecular weight is 239 g/mol. The number of nitrogens with zero attached hydrogens (tertiary/aromatic N) is 2. The van der Waals surface area contributed by atoms with Gasteiger partial charge in [0.15, 0.2) is 5.96 Å². The Balaban J connectivity index is 4.87. The van der Waals surface area contributed by atoms with Crippen LogP contribution in [0.5, 0.6) is 0 Å². The summed E-state index contributed by atoms with van der Waals surface area (Å²) in [4.78, 5) is 5.08. The van der Waals surface area contributed by atoms with Crippen molar-refractivity contribution >= 4 is 5.96 Å². The predicted octanol–water partition coefficient (Wildman–Crippen LogP) is 2.37. The van der Waals surface area contributed by atoms with Gasteiger partial charge in [-0.25, -0.2) is 4.99 Å². The van der Waals surface area contributed by atoms with Crippen molar-refractivity contribution in [3.05, 3.63) is 0 Å². The molecular weight excluding hydrogens is 219 g/mol. The highest BCUT2D eigenvalue weighted by atomic mass is 19.4. The van der Waals surface area contributed by atoms with Gasteiger partial charge in [0.2, 0.25) is 0 Å². The molecule has 0 atom stereocenters. The van der Waals surface area contributed by atoms with Gasteiger partial charge in [0.25, 0.3) is 0 Å². The van der Waals surface area contributed by atoms with Crippen molar-refractivity contribution in [2.24, 2.45) is 10.7 Å². The van der Waals surface area contributed by atoms with Crippen LogP contribution in [0.1, 0.15) is 34.6 Å². The van der Waals surface area contributed by atoms with Gasteiger partial charge in [0, 0.05) is 6.04 Å². The largest absolute Gasteiger partial charge is 0.406 e. The molecule has 0 aliphatic carbocycles. The van der Waals surface area contributed by atoms with Gasteiger partial charge in [-0.05, 0) is 34.6 Å². The van der Waals surface area contributed by atoms with Crippen LogP contribution in [-0.2, 0) is 0 Å². The lowest BCUT2D eigenvalue weighted by Crippen LogP contribution is -2.48. The standard InChI is InChI=1S/C10H20F3N3/c1-7(2)16(6-10(11,12)13)8(14)15-9(3,4)5/h7H,6H2,1-5H3,(H2,14,15). The van der Waals surface area contributed by atoms with Crippen LogP contribution in [0.25, 0.3) is 0 Å². The van der Waals surface area contributed by atoms with E-state index in [1.807, 2.05) is 0 Å². The number of hydrogen-bond acceptors (Lipinski definition) is 1. The summed E-state index contributed by atoms with van der Waals surface area (Å²) in [5.41, 5.74) is 5.10. The van der Waals surface area contributed by atoms with Gasteiger partial charge in [0.1, 0.15) is 6.54 Å². The first-order chi connectivity index (χ1) is 6.92. The van der Waals surface area contributed by atoms with Crippen LogP contribution in [0.4, 0.5) is 13.2 Å². The van der Waals surface area contributed by atoms with E-state index in [9.17, 15) is 13.2 Å². The molecule has 0 bridgehead atoms. The Morgan fingerprint density at radius 3 is 1.94 bits per heavy atom. The van der Waals surface area contributed by atoms with Crippen molar-refractivity contribution < 1.29 is 13.2 Å². The Kier molecular flexibility index (Phi) is 4.64. The Labute approximate surface area is 94.5 Å². The maximum atomic E-state index is 12.3. The molecule has 0 aliphatic rings. The molecule has 0 aromatic carbocycles. The van der Waals surface area contributed by atoms with Crippen LogP contribution in [-0.4, -0.2) is 35.2 Å². The Bertz CT molecular complexity index is 251. The minimum Gasteiger partial charge on any atom is -0.370 e. The summed E-state index contributed by atoms with van der Waals surface area (Å²) < 4.78 is 36.9. The molecule has 3 nitrogen and oxygen atoms in total. The van der Waals surface area contributed by atoms with E-state index in [0.717, 1.165) is 4.90 Å². The lowest BCUT2D eigenvalue weighted by molar-refractivity contribution is -0.140. The quantitative estimate of drug-likeness (QED) is 0.593. The van der Waals surface area contributed by atoms with E-state index >= 15 is 0 Å².